The molecule has 11 nitrogen and oxygen atoms in total. The number of carbonyl (C=O) groups is 3. The lowest BCUT2D eigenvalue weighted by Crippen LogP contribution is -2.13. The maximum absolute atomic E-state index is 13.8. The Morgan fingerprint density at radius 2 is 0.966 bits per heavy atom. The minimum Gasteiger partial charge on any atom is -0.505 e. The third-order valence-electron chi connectivity index (χ3n) is 10.2. The van der Waals surface area contributed by atoms with Crippen LogP contribution in [0.4, 0.5) is 34.1 Å². The Balaban J connectivity index is 0.996. The van der Waals surface area contributed by atoms with Crippen LogP contribution in [0.3, 0.4) is 0 Å². The number of hydrogen-bond donors (Lipinski definition) is 4. The Morgan fingerprint density at radius 3 is 1.51 bits per heavy atom. The molecule has 4 N–H and O–H groups in total. The van der Waals surface area contributed by atoms with Gasteiger partial charge in [0.15, 0.2) is 17.3 Å². The van der Waals surface area contributed by atoms with Gasteiger partial charge in [-0.05, 0) is 89.0 Å². The van der Waals surface area contributed by atoms with E-state index in [1.807, 2.05) is 55.5 Å². The van der Waals surface area contributed by atoms with E-state index in [1.165, 1.54) is 0 Å². The number of anilines is 2. The first-order valence-corrected chi connectivity index (χ1v) is 18.6. The Morgan fingerprint density at radius 1 is 0.492 bits per heavy atom. The number of nitrogens with one attached hydrogen (secondary N) is 2. The molecule has 0 bridgehead atoms. The average Bonchev–Trinajstić information content (AvgIpc) is 3.53. The van der Waals surface area contributed by atoms with Gasteiger partial charge in [-0.2, -0.15) is 10.2 Å². The number of aryl methyl sites for hydroxylation is 1. The minimum atomic E-state index is -0.504. The highest BCUT2D eigenvalue weighted by atomic mass is 16.3. The van der Waals surface area contributed by atoms with E-state index in [0.717, 1.165) is 5.56 Å². The summed E-state index contributed by atoms with van der Waals surface area (Å²) < 4.78 is 0. The molecule has 1 aliphatic carbocycles. The van der Waals surface area contributed by atoms with Gasteiger partial charge in [0.25, 0.3) is 11.8 Å². The van der Waals surface area contributed by atoms with Crippen molar-refractivity contribution in [2.24, 2.45) is 20.5 Å². The normalized spacial score (nSPS) is 12.0. The van der Waals surface area contributed by atoms with Gasteiger partial charge >= 0.3 is 0 Å². The Labute approximate surface area is 337 Å². The van der Waals surface area contributed by atoms with Gasteiger partial charge in [-0.15, -0.1) is 10.2 Å². The van der Waals surface area contributed by atoms with E-state index in [9.17, 15) is 24.6 Å². The van der Waals surface area contributed by atoms with Crippen molar-refractivity contribution in [2.45, 2.75) is 6.92 Å². The molecule has 0 heterocycles. The van der Waals surface area contributed by atoms with Crippen LogP contribution in [-0.4, -0.2) is 27.8 Å². The van der Waals surface area contributed by atoms with Crippen molar-refractivity contribution in [2.75, 3.05) is 10.6 Å². The predicted molar refractivity (Wildman–Crippen MR) is 228 cm³/mol. The van der Waals surface area contributed by atoms with Crippen molar-refractivity contribution in [3.63, 3.8) is 0 Å². The first kappa shape index (κ1) is 36.3. The topological polar surface area (TPSA) is 165 Å². The van der Waals surface area contributed by atoms with E-state index in [2.05, 4.69) is 31.1 Å². The van der Waals surface area contributed by atoms with Crippen molar-refractivity contribution < 1.29 is 24.6 Å². The number of phenols is 2. The van der Waals surface area contributed by atoms with Gasteiger partial charge in [0, 0.05) is 33.3 Å². The molecule has 0 atom stereocenters. The molecule has 1 aliphatic rings. The molecule has 284 valence electrons. The summed E-state index contributed by atoms with van der Waals surface area (Å²) in [5, 5.41) is 48.6. The summed E-state index contributed by atoms with van der Waals surface area (Å²) in [7, 11) is 0. The molecular formula is C48H32N6O5. The predicted octanol–water partition coefficient (Wildman–Crippen LogP) is 12.3. The van der Waals surface area contributed by atoms with Crippen molar-refractivity contribution in [3.8, 4) is 22.6 Å². The van der Waals surface area contributed by atoms with Gasteiger partial charge in [-0.3, -0.25) is 14.4 Å². The lowest BCUT2D eigenvalue weighted by atomic mass is 10.0. The number of azo groups is 2. The van der Waals surface area contributed by atoms with Crippen molar-refractivity contribution in [1.29, 1.82) is 0 Å². The fraction of sp³-hybridized carbons (Fsp3) is 0.0208. The molecule has 59 heavy (non-hydrogen) atoms. The summed E-state index contributed by atoms with van der Waals surface area (Å²) in [5.74, 6) is -1.90. The SMILES string of the molecule is Cc1ccccc1NC(=O)c1cc2ccccc2c(N=Nc2ccc3c(c2)C(=O)c2cc(N=Nc4c(O)c(C(=O)Nc5ccccc5)cc5ccccc45)ccc2-3)c1O. The van der Waals surface area contributed by atoms with E-state index in [1.54, 1.807) is 103 Å². The highest BCUT2D eigenvalue weighted by Crippen LogP contribution is 2.44. The second-order valence-electron chi connectivity index (χ2n) is 14.0. The molecule has 8 aromatic rings. The number of rotatable bonds is 8. The van der Waals surface area contributed by atoms with Crippen molar-refractivity contribution in [1.82, 2.24) is 0 Å². The number of carbonyl (C=O) groups excluding carboxylic acids is 3. The number of fused-ring (bicyclic) bond motifs is 5. The molecule has 0 unspecified atom stereocenters. The van der Waals surface area contributed by atoms with E-state index in [0.29, 0.717) is 66.5 Å². The number of phenolic OH excluding ortho intramolecular Hbond substituents is 2. The van der Waals surface area contributed by atoms with Crippen LogP contribution >= 0.6 is 0 Å². The molecule has 2 amide bonds. The first-order chi connectivity index (χ1) is 28.7. The van der Waals surface area contributed by atoms with E-state index in [-0.39, 0.29) is 39.8 Å². The number of hydrogen-bond acceptors (Lipinski definition) is 9. The number of nitrogens with zero attached hydrogens (tertiary/aromatic N) is 4. The number of para-hydroxylation sites is 2. The molecule has 9 rings (SSSR count). The molecule has 0 saturated carbocycles. The lowest BCUT2D eigenvalue weighted by molar-refractivity contribution is 0.101. The second-order valence-corrected chi connectivity index (χ2v) is 14.0. The van der Waals surface area contributed by atoms with Crippen LogP contribution in [0.2, 0.25) is 0 Å². The van der Waals surface area contributed by atoms with Crippen LogP contribution in [-0.2, 0) is 0 Å². The quantitative estimate of drug-likeness (QED) is 0.113. The van der Waals surface area contributed by atoms with Gasteiger partial charge in [0.05, 0.1) is 22.5 Å². The van der Waals surface area contributed by atoms with Crippen LogP contribution in [0.5, 0.6) is 11.5 Å². The van der Waals surface area contributed by atoms with Gasteiger partial charge in [0.2, 0.25) is 0 Å². The van der Waals surface area contributed by atoms with Gasteiger partial charge in [-0.1, -0.05) is 97.1 Å². The number of amides is 2. The second kappa shape index (κ2) is 15.0. The van der Waals surface area contributed by atoms with Gasteiger partial charge in [0.1, 0.15) is 11.4 Å². The standard InChI is InChI=1S/C48H32N6O5/c1-27-11-5-10-18-41(27)50-48(59)40-24-29-13-7-9-17-34(29)43(46(40)57)54-52-32-20-22-36-35-21-19-31(25-37(35)44(55)38(36)26-32)51-53-42-33-16-8-6-12-28(33)23-39(45(42)56)47(58)49-30-14-3-2-4-15-30/h2-26,56-57H,1H3,(H,49,58)(H,50,59). The zero-order valence-electron chi connectivity index (χ0n) is 31.3. The molecule has 0 aromatic heterocycles. The van der Waals surface area contributed by atoms with E-state index < -0.39 is 11.8 Å². The van der Waals surface area contributed by atoms with Crippen LogP contribution in [0.1, 0.15) is 42.2 Å². The highest BCUT2D eigenvalue weighted by molar-refractivity contribution is 6.22. The third kappa shape index (κ3) is 6.82. The van der Waals surface area contributed by atoms with Crippen LogP contribution in [0.25, 0.3) is 32.7 Å². The van der Waals surface area contributed by atoms with E-state index in [4.69, 9.17) is 0 Å². The van der Waals surface area contributed by atoms with Crippen molar-refractivity contribution >= 4 is 73.3 Å². The molecule has 0 radical (unpaired) electrons. The largest absolute Gasteiger partial charge is 0.505 e. The Bertz CT molecular complexity index is 3110. The zero-order chi connectivity index (χ0) is 40.6. The Hall–Kier alpha value is -8.31. The summed E-state index contributed by atoms with van der Waals surface area (Å²) in [6.45, 7) is 1.88. The molecule has 0 saturated heterocycles. The monoisotopic (exact) mass is 772 g/mol. The van der Waals surface area contributed by atoms with Crippen LogP contribution in [0.15, 0.2) is 172 Å². The molecular weight excluding hydrogens is 741 g/mol. The summed E-state index contributed by atoms with van der Waals surface area (Å²) in [4.78, 5) is 40.5. The minimum absolute atomic E-state index is 0.0359. The summed E-state index contributed by atoms with van der Waals surface area (Å²) >= 11 is 0. The first-order valence-electron chi connectivity index (χ1n) is 18.6. The van der Waals surface area contributed by atoms with E-state index >= 15 is 0 Å². The lowest BCUT2D eigenvalue weighted by Gasteiger charge is -2.12. The maximum Gasteiger partial charge on any atom is 0.259 e. The highest BCUT2D eigenvalue weighted by Gasteiger charge is 2.28. The van der Waals surface area contributed by atoms with Gasteiger partial charge < -0.3 is 20.8 Å². The summed E-state index contributed by atoms with van der Waals surface area (Å²) in [5.41, 5.74) is 5.32. The summed E-state index contributed by atoms with van der Waals surface area (Å²) in [6.07, 6.45) is 0. The Kier molecular flexibility index (Phi) is 9.22. The summed E-state index contributed by atoms with van der Waals surface area (Å²) in [6, 6.07) is 44.3. The fourth-order valence-corrected chi connectivity index (χ4v) is 7.20. The molecule has 8 aromatic carbocycles. The van der Waals surface area contributed by atoms with Crippen LogP contribution in [0, 0.1) is 6.92 Å². The average molecular weight is 773 g/mol. The zero-order valence-corrected chi connectivity index (χ0v) is 31.3. The van der Waals surface area contributed by atoms with Crippen LogP contribution < -0.4 is 10.6 Å². The fourth-order valence-electron chi connectivity index (χ4n) is 7.20. The smallest absolute Gasteiger partial charge is 0.259 e. The maximum atomic E-state index is 13.8. The van der Waals surface area contributed by atoms with Crippen molar-refractivity contribution in [3.05, 3.63) is 179 Å². The number of benzene rings is 8. The molecule has 0 aliphatic heterocycles. The molecule has 0 spiro atoms. The third-order valence-corrected chi connectivity index (χ3v) is 10.2. The number of aromatic hydroxyl groups is 2. The molecule has 11 heteroatoms. The molecule has 0 fully saturated rings. The van der Waals surface area contributed by atoms with Gasteiger partial charge in [-0.25, -0.2) is 0 Å². The number of ketones is 1.